The maximum atomic E-state index is 3.94. The zero-order valence-electron chi connectivity index (χ0n) is 5.94. The van der Waals surface area contributed by atoms with Crippen molar-refractivity contribution in [1.29, 1.82) is 0 Å². The molecule has 1 aliphatic rings. The zero-order chi connectivity index (χ0) is 6.91. The summed E-state index contributed by atoms with van der Waals surface area (Å²) in [7, 11) is 0. The molecule has 52 valence electrons. The van der Waals surface area contributed by atoms with Crippen LogP contribution in [0.1, 0.15) is 13.8 Å². The number of hydrogen-bond donors (Lipinski definition) is 0. The Bertz CT molecular complexity index is 115. The van der Waals surface area contributed by atoms with Crippen molar-refractivity contribution in [2.75, 3.05) is 11.5 Å². The molecule has 0 aliphatic carbocycles. The molecule has 1 saturated heterocycles. The number of rotatable bonds is 0. The predicted molar refractivity (Wildman–Crippen MR) is 48.1 cm³/mol. The highest BCUT2D eigenvalue weighted by atomic mass is 32.2. The van der Waals surface area contributed by atoms with Gasteiger partial charge in [-0.05, 0) is 13.8 Å². The molecule has 0 bridgehead atoms. The van der Waals surface area contributed by atoms with E-state index in [0.29, 0.717) is 4.08 Å². The first kappa shape index (κ1) is 7.55. The van der Waals surface area contributed by atoms with E-state index in [1.807, 2.05) is 23.5 Å². The van der Waals surface area contributed by atoms with Crippen LogP contribution in [0, 0.1) is 0 Å². The van der Waals surface area contributed by atoms with Crippen LogP contribution in [-0.2, 0) is 0 Å². The van der Waals surface area contributed by atoms with Crippen molar-refractivity contribution < 1.29 is 0 Å². The first-order valence-corrected chi connectivity index (χ1v) is 5.02. The van der Waals surface area contributed by atoms with Crippen molar-refractivity contribution >= 4 is 23.5 Å². The van der Waals surface area contributed by atoms with Crippen LogP contribution in [0.4, 0.5) is 0 Å². The van der Waals surface area contributed by atoms with Gasteiger partial charge in [0, 0.05) is 11.5 Å². The van der Waals surface area contributed by atoms with Crippen molar-refractivity contribution in [3.05, 3.63) is 12.2 Å². The molecule has 2 heteroatoms. The van der Waals surface area contributed by atoms with Crippen LogP contribution in [0.25, 0.3) is 0 Å². The molecular formula is C7H12S2. The summed E-state index contributed by atoms with van der Waals surface area (Å²) in [6.07, 6.45) is 0. The Hall–Kier alpha value is 0.440. The first-order valence-electron chi connectivity index (χ1n) is 3.05. The minimum absolute atomic E-state index is 0.432. The fraction of sp³-hybridized carbons (Fsp3) is 0.714. The van der Waals surface area contributed by atoms with Gasteiger partial charge >= 0.3 is 0 Å². The standard InChI is InChI=1S/C7H12S2/c1-6-4-8-7(2,3)9-5-6/h1,4-5H2,2-3H3. The molecule has 0 radical (unpaired) electrons. The Kier molecular flexibility index (Phi) is 2.17. The summed E-state index contributed by atoms with van der Waals surface area (Å²) >= 11 is 3.98. The van der Waals surface area contributed by atoms with E-state index in [2.05, 4.69) is 20.4 Å². The topological polar surface area (TPSA) is 0 Å². The highest BCUT2D eigenvalue weighted by molar-refractivity contribution is 8.19. The normalized spacial score (nSPS) is 26.2. The number of hydrogen-bond acceptors (Lipinski definition) is 2. The fourth-order valence-electron chi connectivity index (χ4n) is 0.635. The summed E-state index contributed by atoms with van der Waals surface area (Å²) in [5.74, 6) is 2.31. The van der Waals surface area contributed by atoms with Crippen LogP contribution < -0.4 is 0 Å². The van der Waals surface area contributed by atoms with Gasteiger partial charge in [-0.2, -0.15) is 0 Å². The smallest absolute Gasteiger partial charge is 0.0561 e. The van der Waals surface area contributed by atoms with Crippen molar-refractivity contribution in [2.24, 2.45) is 0 Å². The molecule has 0 unspecified atom stereocenters. The molecule has 0 saturated carbocycles. The summed E-state index contributed by atoms with van der Waals surface area (Å²) in [5, 5.41) is 0. The molecule has 0 aromatic heterocycles. The lowest BCUT2D eigenvalue weighted by Gasteiger charge is -2.28. The highest BCUT2D eigenvalue weighted by Crippen LogP contribution is 2.42. The van der Waals surface area contributed by atoms with Gasteiger partial charge in [0.1, 0.15) is 0 Å². The van der Waals surface area contributed by atoms with E-state index in [1.54, 1.807) is 0 Å². The van der Waals surface area contributed by atoms with Gasteiger partial charge in [0.25, 0.3) is 0 Å². The quantitative estimate of drug-likeness (QED) is 0.500. The van der Waals surface area contributed by atoms with Gasteiger partial charge in [0.05, 0.1) is 4.08 Å². The van der Waals surface area contributed by atoms with E-state index in [1.165, 1.54) is 5.57 Å². The Morgan fingerprint density at radius 3 is 2.11 bits per heavy atom. The predicted octanol–water partition coefficient (Wildman–Crippen LogP) is 2.76. The van der Waals surface area contributed by atoms with Crippen LogP contribution in [0.15, 0.2) is 12.2 Å². The lowest BCUT2D eigenvalue weighted by atomic mass is 10.4. The van der Waals surface area contributed by atoms with Crippen molar-refractivity contribution in [1.82, 2.24) is 0 Å². The summed E-state index contributed by atoms with van der Waals surface area (Å²) in [6, 6.07) is 0. The monoisotopic (exact) mass is 160 g/mol. The van der Waals surface area contributed by atoms with Crippen LogP contribution >= 0.6 is 23.5 Å². The molecule has 0 spiro atoms. The fourth-order valence-corrected chi connectivity index (χ4v) is 2.76. The average Bonchev–Trinajstić information content (AvgIpc) is 1.78. The van der Waals surface area contributed by atoms with E-state index in [0.717, 1.165) is 11.5 Å². The molecule has 1 heterocycles. The minimum atomic E-state index is 0.432. The third kappa shape index (κ3) is 2.26. The molecule has 1 fully saturated rings. The van der Waals surface area contributed by atoms with E-state index < -0.39 is 0 Å². The molecule has 0 N–H and O–H groups in total. The van der Waals surface area contributed by atoms with Crippen LogP contribution in [0.5, 0.6) is 0 Å². The summed E-state index contributed by atoms with van der Waals surface area (Å²) < 4.78 is 0.432. The molecule has 0 atom stereocenters. The van der Waals surface area contributed by atoms with Crippen molar-refractivity contribution in [2.45, 2.75) is 17.9 Å². The summed E-state index contributed by atoms with van der Waals surface area (Å²) in [4.78, 5) is 0. The van der Waals surface area contributed by atoms with Crippen LogP contribution in [0.3, 0.4) is 0 Å². The van der Waals surface area contributed by atoms with Gasteiger partial charge in [-0.25, -0.2) is 0 Å². The summed E-state index contributed by atoms with van der Waals surface area (Å²) in [5.41, 5.74) is 1.38. The second kappa shape index (κ2) is 2.59. The zero-order valence-corrected chi connectivity index (χ0v) is 7.57. The third-order valence-electron chi connectivity index (χ3n) is 1.25. The molecular weight excluding hydrogens is 148 g/mol. The molecule has 1 rings (SSSR count). The molecule has 0 aromatic carbocycles. The maximum Gasteiger partial charge on any atom is 0.0561 e. The minimum Gasteiger partial charge on any atom is -0.140 e. The molecule has 0 amide bonds. The highest BCUT2D eigenvalue weighted by Gasteiger charge is 2.23. The summed E-state index contributed by atoms with van der Waals surface area (Å²) in [6.45, 7) is 8.48. The SMILES string of the molecule is C=C1CSC(C)(C)SC1. The average molecular weight is 160 g/mol. The van der Waals surface area contributed by atoms with Gasteiger partial charge in [-0.1, -0.05) is 12.2 Å². The molecule has 0 aromatic rings. The Morgan fingerprint density at radius 2 is 1.78 bits per heavy atom. The molecule has 0 nitrogen and oxygen atoms in total. The maximum absolute atomic E-state index is 3.94. The first-order chi connectivity index (χ1) is 4.10. The van der Waals surface area contributed by atoms with Gasteiger partial charge < -0.3 is 0 Å². The van der Waals surface area contributed by atoms with Crippen molar-refractivity contribution in [3.63, 3.8) is 0 Å². The Balaban J connectivity index is 2.44. The second-order valence-corrected chi connectivity index (χ2v) is 6.18. The van der Waals surface area contributed by atoms with E-state index in [9.17, 15) is 0 Å². The molecule has 9 heavy (non-hydrogen) atoms. The Morgan fingerprint density at radius 1 is 1.33 bits per heavy atom. The lowest BCUT2D eigenvalue weighted by Crippen LogP contribution is -2.16. The van der Waals surface area contributed by atoms with Gasteiger partial charge in [0.2, 0.25) is 0 Å². The van der Waals surface area contributed by atoms with Gasteiger partial charge in [-0.15, -0.1) is 23.5 Å². The largest absolute Gasteiger partial charge is 0.140 e. The lowest BCUT2D eigenvalue weighted by molar-refractivity contribution is 1.02. The van der Waals surface area contributed by atoms with E-state index in [-0.39, 0.29) is 0 Å². The molecule has 1 aliphatic heterocycles. The Labute approximate surface area is 65.5 Å². The van der Waals surface area contributed by atoms with Crippen LogP contribution in [0.2, 0.25) is 0 Å². The van der Waals surface area contributed by atoms with Crippen molar-refractivity contribution in [3.8, 4) is 0 Å². The van der Waals surface area contributed by atoms with E-state index >= 15 is 0 Å². The van der Waals surface area contributed by atoms with Crippen LogP contribution in [-0.4, -0.2) is 15.6 Å². The van der Waals surface area contributed by atoms with Gasteiger partial charge in [0.15, 0.2) is 0 Å². The third-order valence-corrected chi connectivity index (χ3v) is 4.45. The number of thioether (sulfide) groups is 2. The van der Waals surface area contributed by atoms with Gasteiger partial charge in [-0.3, -0.25) is 0 Å². The second-order valence-electron chi connectivity index (χ2n) is 2.73. The van der Waals surface area contributed by atoms with E-state index in [4.69, 9.17) is 0 Å².